The van der Waals surface area contributed by atoms with E-state index in [2.05, 4.69) is 0 Å². The average Bonchev–Trinajstić information content (AvgIpc) is 1.94. The number of carbonyl (C=O) groups excluding carboxylic acids is 1. The molecular formula is C12H20O3. The van der Waals surface area contributed by atoms with Gasteiger partial charge in [-0.3, -0.25) is 4.79 Å². The number of Topliss-reactive ketones (excluding diaryl/α,β-unsaturated/α-hetero) is 1. The molecule has 0 heterocycles. The van der Waals surface area contributed by atoms with Gasteiger partial charge in [0, 0.05) is 17.1 Å². The highest BCUT2D eigenvalue weighted by Crippen LogP contribution is 2.32. The Balaban J connectivity index is 5.35. The summed E-state index contributed by atoms with van der Waals surface area (Å²) in [6.45, 7) is 10.9. The molecule has 0 amide bonds. The Morgan fingerprint density at radius 2 is 1.33 bits per heavy atom. The number of hydrogen-bond donors (Lipinski definition) is 1. The van der Waals surface area contributed by atoms with Gasteiger partial charge in [0.2, 0.25) is 0 Å². The minimum absolute atomic E-state index is 0.114. The SMILES string of the molecule is CC(C)(C)C(=O)/C(=C/C(=O)O)C(C)(C)C. The van der Waals surface area contributed by atoms with Crippen LogP contribution in [0.2, 0.25) is 0 Å². The molecule has 0 aliphatic rings. The second kappa shape index (κ2) is 4.17. The van der Waals surface area contributed by atoms with Crippen molar-refractivity contribution >= 4 is 11.8 Å². The van der Waals surface area contributed by atoms with Gasteiger partial charge in [0.15, 0.2) is 5.78 Å². The molecule has 0 radical (unpaired) electrons. The number of allylic oxidation sites excluding steroid dienone is 1. The molecule has 0 aromatic rings. The number of aliphatic carboxylic acids is 1. The average molecular weight is 212 g/mol. The minimum Gasteiger partial charge on any atom is -0.478 e. The number of ketones is 1. The summed E-state index contributed by atoms with van der Waals surface area (Å²) in [4.78, 5) is 22.7. The topological polar surface area (TPSA) is 54.4 Å². The molecule has 3 nitrogen and oxygen atoms in total. The third kappa shape index (κ3) is 4.28. The molecule has 86 valence electrons. The maximum Gasteiger partial charge on any atom is 0.328 e. The van der Waals surface area contributed by atoms with Gasteiger partial charge in [-0.2, -0.15) is 0 Å². The molecule has 0 rings (SSSR count). The summed E-state index contributed by atoms with van der Waals surface area (Å²) in [5.41, 5.74) is -0.625. The van der Waals surface area contributed by atoms with Crippen molar-refractivity contribution in [3.05, 3.63) is 11.6 Å². The summed E-state index contributed by atoms with van der Waals surface area (Å²) < 4.78 is 0. The standard InChI is InChI=1S/C12H20O3/c1-11(2,3)8(7-9(13)14)10(15)12(4,5)6/h7H,1-6H3,(H,13,14)/b8-7-. The molecule has 0 aromatic heterocycles. The first-order valence-electron chi connectivity index (χ1n) is 4.96. The molecule has 0 spiro atoms. The molecule has 0 aromatic carbocycles. The molecule has 0 bridgehead atoms. The molecular weight excluding hydrogens is 192 g/mol. The van der Waals surface area contributed by atoms with Crippen molar-refractivity contribution in [1.82, 2.24) is 0 Å². The maximum atomic E-state index is 12.0. The van der Waals surface area contributed by atoms with E-state index in [0.717, 1.165) is 6.08 Å². The fourth-order valence-electron chi connectivity index (χ4n) is 1.15. The summed E-state index contributed by atoms with van der Waals surface area (Å²) in [5.74, 6) is -1.19. The van der Waals surface area contributed by atoms with Crippen molar-refractivity contribution in [2.24, 2.45) is 10.8 Å². The van der Waals surface area contributed by atoms with Gasteiger partial charge in [0.1, 0.15) is 0 Å². The number of hydrogen-bond acceptors (Lipinski definition) is 2. The first-order valence-corrected chi connectivity index (χ1v) is 4.96. The van der Waals surface area contributed by atoms with Crippen molar-refractivity contribution in [2.45, 2.75) is 41.5 Å². The first kappa shape index (κ1) is 13.9. The molecule has 15 heavy (non-hydrogen) atoms. The molecule has 0 saturated heterocycles. The molecule has 3 heteroatoms. The molecule has 0 fully saturated rings. The van der Waals surface area contributed by atoms with E-state index < -0.39 is 16.8 Å². The largest absolute Gasteiger partial charge is 0.478 e. The van der Waals surface area contributed by atoms with Crippen LogP contribution in [0.4, 0.5) is 0 Å². The van der Waals surface area contributed by atoms with E-state index in [-0.39, 0.29) is 5.78 Å². The van der Waals surface area contributed by atoms with Crippen LogP contribution < -0.4 is 0 Å². The summed E-state index contributed by atoms with van der Waals surface area (Å²) in [5, 5.41) is 8.73. The Morgan fingerprint density at radius 1 is 0.933 bits per heavy atom. The maximum absolute atomic E-state index is 12.0. The van der Waals surface area contributed by atoms with Gasteiger partial charge in [-0.05, 0) is 5.41 Å². The lowest BCUT2D eigenvalue weighted by molar-refractivity contribution is -0.132. The zero-order chi connectivity index (χ0) is 12.4. The highest BCUT2D eigenvalue weighted by atomic mass is 16.4. The number of carbonyl (C=O) groups is 2. The van der Waals surface area contributed by atoms with Crippen LogP contribution in [0.3, 0.4) is 0 Å². The highest BCUT2D eigenvalue weighted by Gasteiger charge is 2.32. The van der Waals surface area contributed by atoms with Gasteiger partial charge < -0.3 is 5.11 Å². The second-order valence-electron chi connectivity index (χ2n) is 5.73. The van der Waals surface area contributed by atoms with Crippen LogP contribution in [0.15, 0.2) is 11.6 Å². The van der Waals surface area contributed by atoms with E-state index in [1.165, 1.54) is 0 Å². The summed E-state index contributed by atoms with van der Waals surface area (Å²) >= 11 is 0. The van der Waals surface area contributed by atoms with E-state index in [0.29, 0.717) is 5.57 Å². The van der Waals surface area contributed by atoms with Gasteiger partial charge in [-0.25, -0.2) is 4.79 Å². The second-order valence-corrected chi connectivity index (χ2v) is 5.73. The lowest BCUT2D eigenvalue weighted by Crippen LogP contribution is -2.29. The fraction of sp³-hybridized carbons (Fsp3) is 0.667. The fourth-order valence-corrected chi connectivity index (χ4v) is 1.15. The zero-order valence-corrected chi connectivity index (χ0v) is 10.3. The third-order valence-electron chi connectivity index (χ3n) is 2.00. The summed E-state index contributed by atoms with van der Waals surface area (Å²) in [6.07, 6.45) is 1.02. The molecule has 0 aliphatic heterocycles. The summed E-state index contributed by atoms with van der Waals surface area (Å²) in [6, 6.07) is 0. The van der Waals surface area contributed by atoms with Gasteiger partial charge in [0.05, 0.1) is 0 Å². The van der Waals surface area contributed by atoms with Gasteiger partial charge in [-0.1, -0.05) is 41.5 Å². The Bertz CT molecular complexity index is 298. The minimum atomic E-state index is -1.07. The third-order valence-corrected chi connectivity index (χ3v) is 2.00. The first-order chi connectivity index (χ1) is 6.46. The molecule has 0 aliphatic carbocycles. The molecule has 0 saturated carbocycles. The molecule has 0 atom stereocenters. The van der Waals surface area contributed by atoms with Crippen LogP contribution in [0.1, 0.15) is 41.5 Å². The van der Waals surface area contributed by atoms with Crippen molar-refractivity contribution < 1.29 is 14.7 Å². The van der Waals surface area contributed by atoms with Gasteiger partial charge in [-0.15, -0.1) is 0 Å². The van der Waals surface area contributed by atoms with Crippen LogP contribution in [0.5, 0.6) is 0 Å². The zero-order valence-electron chi connectivity index (χ0n) is 10.3. The van der Waals surface area contributed by atoms with Crippen LogP contribution in [-0.2, 0) is 9.59 Å². The lowest BCUT2D eigenvalue weighted by Gasteiger charge is -2.27. The number of rotatable bonds is 2. The lowest BCUT2D eigenvalue weighted by atomic mass is 9.75. The Labute approximate surface area is 91.2 Å². The number of carboxylic acid groups (broad SMARTS) is 1. The van der Waals surface area contributed by atoms with Crippen LogP contribution >= 0.6 is 0 Å². The van der Waals surface area contributed by atoms with Crippen LogP contribution in [-0.4, -0.2) is 16.9 Å². The van der Waals surface area contributed by atoms with E-state index >= 15 is 0 Å². The smallest absolute Gasteiger partial charge is 0.328 e. The highest BCUT2D eigenvalue weighted by molar-refractivity contribution is 6.04. The molecule has 1 N–H and O–H groups in total. The Hall–Kier alpha value is -1.12. The predicted molar refractivity (Wildman–Crippen MR) is 59.6 cm³/mol. The Kier molecular flexibility index (Phi) is 3.86. The van der Waals surface area contributed by atoms with Crippen molar-refractivity contribution in [3.8, 4) is 0 Å². The van der Waals surface area contributed by atoms with Crippen LogP contribution in [0, 0.1) is 10.8 Å². The van der Waals surface area contributed by atoms with E-state index in [1.54, 1.807) is 20.8 Å². The van der Waals surface area contributed by atoms with E-state index in [4.69, 9.17) is 5.11 Å². The van der Waals surface area contributed by atoms with Crippen molar-refractivity contribution in [2.75, 3.05) is 0 Å². The van der Waals surface area contributed by atoms with Gasteiger partial charge >= 0.3 is 5.97 Å². The summed E-state index contributed by atoms with van der Waals surface area (Å²) in [7, 11) is 0. The monoisotopic (exact) mass is 212 g/mol. The van der Waals surface area contributed by atoms with E-state index in [9.17, 15) is 9.59 Å². The number of carboxylic acids is 1. The molecule has 0 unspecified atom stereocenters. The quantitative estimate of drug-likeness (QED) is 0.716. The van der Waals surface area contributed by atoms with E-state index in [1.807, 2.05) is 20.8 Å². The normalized spacial score (nSPS) is 13.9. The predicted octanol–water partition coefficient (Wildman–Crippen LogP) is 2.66. The van der Waals surface area contributed by atoms with Gasteiger partial charge in [0.25, 0.3) is 0 Å². The van der Waals surface area contributed by atoms with Crippen molar-refractivity contribution in [1.29, 1.82) is 0 Å². The van der Waals surface area contributed by atoms with Crippen molar-refractivity contribution in [3.63, 3.8) is 0 Å². The Morgan fingerprint density at radius 3 is 1.53 bits per heavy atom. The van der Waals surface area contributed by atoms with Crippen LogP contribution in [0.25, 0.3) is 0 Å².